The van der Waals surface area contributed by atoms with E-state index in [2.05, 4.69) is 5.32 Å². The fraction of sp³-hybridized carbons (Fsp3) is 0.533. The Morgan fingerprint density at radius 1 is 1.13 bits per heavy atom. The SMILES string of the molecule is CC(C)[C@H](C)NC(=O)[C@H](C)N(c1ccc(F)c(F)c1)S(C)(=O)=O. The maximum Gasteiger partial charge on any atom is 0.243 e. The summed E-state index contributed by atoms with van der Waals surface area (Å²) in [6, 6.07) is 1.44. The molecule has 23 heavy (non-hydrogen) atoms. The quantitative estimate of drug-likeness (QED) is 0.858. The second kappa shape index (κ2) is 7.25. The Bertz CT molecular complexity index is 677. The molecule has 0 aliphatic carbocycles. The van der Waals surface area contributed by atoms with E-state index in [4.69, 9.17) is 0 Å². The van der Waals surface area contributed by atoms with Crippen molar-refractivity contribution in [2.24, 2.45) is 5.92 Å². The Labute approximate surface area is 135 Å². The smallest absolute Gasteiger partial charge is 0.243 e. The highest BCUT2D eigenvalue weighted by Crippen LogP contribution is 2.23. The molecule has 1 aromatic rings. The molecule has 0 saturated heterocycles. The van der Waals surface area contributed by atoms with E-state index in [1.54, 1.807) is 6.92 Å². The molecule has 1 N–H and O–H groups in total. The minimum absolute atomic E-state index is 0.105. The molecule has 0 heterocycles. The number of sulfonamides is 1. The zero-order valence-corrected chi connectivity index (χ0v) is 14.6. The van der Waals surface area contributed by atoms with Crippen LogP contribution in [0.15, 0.2) is 18.2 Å². The number of nitrogens with one attached hydrogen (secondary N) is 1. The van der Waals surface area contributed by atoms with Crippen molar-refractivity contribution in [2.45, 2.75) is 39.8 Å². The second-order valence-electron chi connectivity index (χ2n) is 5.87. The monoisotopic (exact) mass is 348 g/mol. The molecule has 5 nitrogen and oxygen atoms in total. The molecule has 1 rings (SSSR count). The zero-order chi connectivity index (χ0) is 17.9. The summed E-state index contributed by atoms with van der Waals surface area (Å²) in [6.45, 7) is 7.03. The zero-order valence-electron chi connectivity index (χ0n) is 13.8. The van der Waals surface area contributed by atoms with Gasteiger partial charge in [0, 0.05) is 12.1 Å². The number of nitrogens with zero attached hydrogens (tertiary/aromatic N) is 1. The van der Waals surface area contributed by atoms with E-state index in [-0.39, 0.29) is 17.6 Å². The van der Waals surface area contributed by atoms with Crippen molar-refractivity contribution in [1.29, 1.82) is 0 Å². The van der Waals surface area contributed by atoms with E-state index in [1.165, 1.54) is 6.92 Å². The van der Waals surface area contributed by atoms with E-state index >= 15 is 0 Å². The molecule has 0 saturated carbocycles. The Hall–Kier alpha value is -1.70. The van der Waals surface area contributed by atoms with Gasteiger partial charge in [-0.05, 0) is 31.9 Å². The molecule has 0 fully saturated rings. The van der Waals surface area contributed by atoms with Gasteiger partial charge in [-0.3, -0.25) is 9.10 Å². The number of carbonyl (C=O) groups excluding carboxylic acids is 1. The Kier molecular flexibility index (Phi) is 6.10. The Morgan fingerprint density at radius 3 is 2.13 bits per heavy atom. The van der Waals surface area contributed by atoms with Gasteiger partial charge in [0.05, 0.1) is 11.9 Å². The van der Waals surface area contributed by atoms with E-state index < -0.39 is 33.6 Å². The first kappa shape index (κ1) is 19.3. The first-order valence-electron chi connectivity index (χ1n) is 7.20. The molecule has 0 aliphatic rings. The summed E-state index contributed by atoms with van der Waals surface area (Å²) in [5.41, 5.74) is -0.105. The molecule has 0 aliphatic heterocycles. The highest BCUT2D eigenvalue weighted by atomic mass is 32.2. The van der Waals surface area contributed by atoms with Crippen molar-refractivity contribution in [3.8, 4) is 0 Å². The van der Waals surface area contributed by atoms with E-state index in [9.17, 15) is 22.0 Å². The predicted octanol–water partition coefficient (Wildman–Crippen LogP) is 2.28. The van der Waals surface area contributed by atoms with Gasteiger partial charge in [-0.1, -0.05) is 13.8 Å². The van der Waals surface area contributed by atoms with Crippen LogP contribution in [0.4, 0.5) is 14.5 Å². The summed E-state index contributed by atoms with van der Waals surface area (Å²) in [4.78, 5) is 12.3. The van der Waals surface area contributed by atoms with Crippen LogP contribution in [0.2, 0.25) is 0 Å². The summed E-state index contributed by atoms with van der Waals surface area (Å²) >= 11 is 0. The Morgan fingerprint density at radius 2 is 1.70 bits per heavy atom. The van der Waals surface area contributed by atoms with Gasteiger partial charge in [-0.25, -0.2) is 17.2 Å². The molecule has 1 aromatic carbocycles. The molecule has 130 valence electrons. The third-order valence-corrected chi connectivity index (χ3v) is 4.86. The molecule has 0 bridgehead atoms. The standard InChI is InChI=1S/C15H22F2N2O3S/c1-9(2)10(3)18-15(20)11(4)19(23(5,21)22)12-6-7-13(16)14(17)8-12/h6-11H,1-5H3,(H,18,20)/t10-,11-/m0/s1. The van der Waals surface area contributed by atoms with Crippen molar-refractivity contribution in [3.05, 3.63) is 29.8 Å². The lowest BCUT2D eigenvalue weighted by molar-refractivity contribution is -0.122. The lowest BCUT2D eigenvalue weighted by atomic mass is 10.1. The first-order valence-corrected chi connectivity index (χ1v) is 9.04. The highest BCUT2D eigenvalue weighted by molar-refractivity contribution is 7.92. The van der Waals surface area contributed by atoms with Crippen LogP contribution in [0.5, 0.6) is 0 Å². The third kappa shape index (κ3) is 4.89. The second-order valence-corrected chi connectivity index (χ2v) is 7.73. The highest BCUT2D eigenvalue weighted by Gasteiger charge is 2.30. The van der Waals surface area contributed by atoms with Crippen LogP contribution in [0.25, 0.3) is 0 Å². The van der Waals surface area contributed by atoms with Crippen LogP contribution in [0.1, 0.15) is 27.7 Å². The summed E-state index contributed by atoms with van der Waals surface area (Å²) in [6.07, 6.45) is 0.907. The van der Waals surface area contributed by atoms with E-state index in [0.717, 1.165) is 28.8 Å². The minimum atomic E-state index is -3.86. The number of amides is 1. The number of rotatable bonds is 6. The van der Waals surface area contributed by atoms with Crippen LogP contribution in [0.3, 0.4) is 0 Å². The minimum Gasteiger partial charge on any atom is -0.352 e. The van der Waals surface area contributed by atoms with Crippen molar-refractivity contribution < 1.29 is 22.0 Å². The van der Waals surface area contributed by atoms with Crippen molar-refractivity contribution in [1.82, 2.24) is 5.32 Å². The fourth-order valence-corrected chi connectivity index (χ4v) is 3.11. The van der Waals surface area contributed by atoms with Crippen LogP contribution in [-0.2, 0) is 14.8 Å². The molecule has 2 atom stereocenters. The summed E-state index contributed by atoms with van der Waals surface area (Å²) < 4.78 is 51.3. The van der Waals surface area contributed by atoms with Gasteiger partial charge in [-0.15, -0.1) is 0 Å². The molecule has 8 heteroatoms. The topological polar surface area (TPSA) is 66.5 Å². The number of halogens is 2. The number of hydrogen-bond acceptors (Lipinski definition) is 3. The lowest BCUT2D eigenvalue weighted by Gasteiger charge is -2.29. The number of hydrogen-bond donors (Lipinski definition) is 1. The van der Waals surface area contributed by atoms with Crippen LogP contribution in [-0.4, -0.2) is 32.7 Å². The van der Waals surface area contributed by atoms with Gasteiger partial charge < -0.3 is 5.32 Å². The number of carbonyl (C=O) groups is 1. The van der Waals surface area contributed by atoms with Gasteiger partial charge in [-0.2, -0.15) is 0 Å². The maximum absolute atomic E-state index is 13.4. The summed E-state index contributed by atoms with van der Waals surface area (Å²) in [5.74, 6) is -2.62. The van der Waals surface area contributed by atoms with Gasteiger partial charge in [0.1, 0.15) is 6.04 Å². The van der Waals surface area contributed by atoms with Gasteiger partial charge in [0.15, 0.2) is 11.6 Å². The third-order valence-electron chi connectivity index (χ3n) is 3.62. The van der Waals surface area contributed by atoms with Crippen molar-refractivity contribution >= 4 is 21.6 Å². The summed E-state index contributed by atoms with van der Waals surface area (Å²) in [5, 5.41) is 2.71. The van der Waals surface area contributed by atoms with Crippen LogP contribution >= 0.6 is 0 Å². The number of benzene rings is 1. The normalized spacial score (nSPS) is 14.4. The largest absolute Gasteiger partial charge is 0.352 e. The van der Waals surface area contributed by atoms with Gasteiger partial charge in [0.25, 0.3) is 0 Å². The maximum atomic E-state index is 13.4. The van der Waals surface area contributed by atoms with E-state index in [0.29, 0.717) is 0 Å². The molecule has 0 spiro atoms. The molecular formula is C15H22F2N2O3S. The molecule has 1 amide bonds. The summed E-state index contributed by atoms with van der Waals surface area (Å²) in [7, 11) is -3.86. The van der Waals surface area contributed by atoms with Gasteiger partial charge in [0.2, 0.25) is 15.9 Å². The molecule has 0 unspecified atom stereocenters. The average molecular weight is 348 g/mol. The van der Waals surface area contributed by atoms with Crippen molar-refractivity contribution in [2.75, 3.05) is 10.6 Å². The first-order chi connectivity index (χ1) is 10.4. The van der Waals surface area contributed by atoms with Crippen molar-refractivity contribution in [3.63, 3.8) is 0 Å². The molecule has 0 aromatic heterocycles. The predicted molar refractivity (Wildman–Crippen MR) is 85.6 cm³/mol. The van der Waals surface area contributed by atoms with E-state index in [1.807, 2.05) is 13.8 Å². The van der Waals surface area contributed by atoms with Gasteiger partial charge >= 0.3 is 0 Å². The van der Waals surface area contributed by atoms with Crippen LogP contribution in [0, 0.1) is 17.6 Å². The lowest BCUT2D eigenvalue weighted by Crippen LogP contribution is -2.50. The van der Waals surface area contributed by atoms with Crippen LogP contribution < -0.4 is 9.62 Å². The molecular weight excluding hydrogens is 326 g/mol. The fourth-order valence-electron chi connectivity index (χ4n) is 1.94. The Balaban J connectivity index is 3.17. The molecule has 0 radical (unpaired) electrons. The average Bonchev–Trinajstić information content (AvgIpc) is 2.41. The number of anilines is 1.